The van der Waals surface area contributed by atoms with Gasteiger partial charge in [0, 0.05) is 57.1 Å². The maximum absolute atomic E-state index is 12.7. The van der Waals surface area contributed by atoms with E-state index in [1.54, 1.807) is 6.33 Å². The molecule has 0 aliphatic carbocycles. The molecule has 2 fully saturated rings. The zero-order chi connectivity index (χ0) is 21.0. The van der Waals surface area contributed by atoms with Crippen LogP contribution < -0.4 is 4.90 Å². The first-order chi connectivity index (χ1) is 15.3. The predicted molar refractivity (Wildman–Crippen MR) is 123 cm³/mol. The van der Waals surface area contributed by atoms with Crippen molar-refractivity contribution in [2.45, 2.75) is 31.8 Å². The standard InChI is InChI=1S/C25H29N5O/c31-24-11-10-21(12-13-30(24)18-20-6-2-1-3-7-20)28-14-16-29(17-15-28)25-22-8-4-5-9-23(22)26-19-27-25/h1-9,19,21H,10-18H2. The van der Waals surface area contributed by atoms with Gasteiger partial charge in [-0.2, -0.15) is 0 Å². The number of amides is 1. The van der Waals surface area contributed by atoms with Crippen molar-refractivity contribution in [3.8, 4) is 0 Å². The Bertz CT molecular complexity index is 1030. The smallest absolute Gasteiger partial charge is 0.222 e. The number of benzene rings is 2. The van der Waals surface area contributed by atoms with E-state index in [9.17, 15) is 4.79 Å². The number of hydrogen-bond donors (Lipinski definition) is 0. The lowest BCUT2D eigenvalue weighted by molar-refractivity contribution is -0.131. The lowest BCUT2D eigenvalue weighted by Crippen LogP contribution is -2.50. The van der Waals surface area contributed by atoms with E-state index in [2.05, 4.69) is 44.0 Å². The van der Waals surface area contributed by atoms with Gasteiger partial charge >= 0.3 is 0 Å². The molecule has 0 spiro atoms. The average molecular weight is 416 g/mol. The molecule has 0 saturated carbocycles. The normalized spacial score (nSPS) is 20.8. The minimum absolute atomic E-state index is 0.289. The summed E-state index contributed by atoms with van der Waals surface area (Å²) in [4.78, 5) is 28.7. The molecule has 160 valence electrons. The molecule has 2 aliphatic rings. The van der Waals surface area contributed by atoms with Crippen LogP contribution in [0.15, 0.2) is 60.9 Å². The minimum atomic E-state index is 0.289. The van der Waals surface area contributed by atoms with E-state index in [4.69, 9.17) is 0 Å². The van der Waals surface area contributed by atoms with Crippen molar-refractivity contribution in [3.05, 3.63) is 66.5 Å². The number of anilines is 1. The quantitative estimate of drug-likeness (QED) is 0.654. The number of para-hydroxylation sites is 1. The molecule has 2 saturated heterocycles. The van der Waals surface area contributed by atoms with E-state index in [-0.39, 0.29) is 5.91 Å². The van der Waals surface area contributed by atoms with Gasteiger partial charge in [0.1, 0.15) is 12.1 Å². The summed E-state index contributed by atoms with van der Waals surface area (Å²) in [6.45, 7) is 5.50. The molecular weight excluding hydrogens is 386 g/mol. The second-order valence-electron chi connectivity index (χ2n) is 8.52. The summed E-state index contributed by atoms with van der Waals surface area (Å²) in [5.41, 5.74) is 2.20. The number of rotatable bonds is 4. The number of carbonyl (C=O) groups excluding carboxylic acids is 1. The van der Waals surface area contributed by atoms with Gasteiger partial charge in [-0.25, -0.2) is 9.97 Å². The molecule has 0 bridgehead atoms. The molecule has 3 heterocycles. The van der Waals surface area contributed by atoms with Crippen LogP contribution in [0.4, 0.5) is 5.82 Å². The van der Waals surface area contributed by atoms with E-state index in [0.29, 0.717) is 12.5 Å². The number of hydrogen-bond acceptors (Lipinski definition) is 5. The molecule has 6 heteroatoms. The van der Waals surface area contributed by atoms with Crippen LogP contribution in [-0.2, 0) is 11.3 Å². The Morgan fingerprint density at radius 2 is 1.61 bits per heavy atom. The van der Waals surface area contributed by atoms with E-state index >= 15 is 0 Å². The van der Waals surface area contributed by atoms with Crippen molar-refractivity contribution < 1.29 is 4.79 Å². The Morgan fingerprint density at radius 1 is 0.839 bits per heavy atom. The van der Waals surface area contributed by atoms with Gasteiger partial charge in [0.25, 0.3) is 0 Å². The summed E-state index contributed by atoms with van der Waals surface area (Å²) >= 11 is 0. The highest BCUT2D eigenvalue weighted by atomic mass is 16.2. The third kappa shape index (κ3) is 4.39. The zero-order valence-electron chi connectivity index (χ0n) is 17.9. The molecule has 0 radical (unpaired) electrons. The maximum atomic E-state index is 12.7. The van der Waals surface area contributed by atoms with Crippen LogP contribution in [-0.4, -0.2) is 64.4 Å². The van der Waals surface area contributed by atoms with Crippen molar-refractivity contribution in [1.82, 2.24) is 19.8 Å². The Kier molecular flexibility index (Phi) is 5.80. The van der Waals surface area contributed by atoms with Gasteiger partial charge in [-0.1, -0.05) is 42.5 Å². The number of carbonyl (C=O) groups is 1. The van der Waals surface area contributed by atoms with Crippen LogP contribution in [0, 0.1) is 0 Å². The molecule has 1 unspecified atom stereocenters. The fourth-order valence-corrected chi connectivity index (χ4v) is 4.90. The lowest BCUT2D eigenvalue weighted by atomic mass is 10.1. The van der Waals surface area contributed by atoms with Crippen LogP contribution in [0.25, 0.3) is 10.9 Å². The monoisotopic (exact) mass is 415 g/mol. The second-order valence-corrected chi connectivity index (χ2v) is 8.52. The van der Waals surface area contributed by atoms with Crippen LogP contribution in [0.2, 0.25) is 0 Å². The van der Waals surface area contributed by atoms with Crippen molar-refractivity contribution in [2.24, 2.45) is 0 Å². The second kappa shape index (κ2) is 9.02. The number of piperazine rings is 1. The Morgan fingerprint density at radius 3 is 2.45 bits per heavy atom. The fourth-order valence-electron chi connectivity index (χ4n) is 4.90. The first-order valence-corrected chi connectivity index (χ1v) is 11.3. The van der Waals surface area contributed by atoms with Gasteiger partial charge in [0.15, 0.2) is 0 Å². The van der Waals surface area contributed by atoms with Gasteiger partial charge < -0.3 is 9.80 Å². The summed E-state index contributed by atoms with van der Waals surface area (Å²) in [6, 6.07) is 19.0. The van der Waals surface area contributed by atoms with E-state index < -0.39 is 0 Å². The molecule has 0 N–H and O–H groups in total. The van der Waals surface area contributed by atoms with Crippen LogP contribution in [0.5, 0.6) is 0 Å². The van der Waals surface area contributed by atoms with Crippen LogP contribution in [0.1, 0.15) is 24.8 Å². The van der Waals surface area contributed by atoms with Crippen molar-refractivity contribution in [2.75, 3.05) is 37.6 Å². The predicted octanol–water partition coefficient (Wildman–Crippen LogP) is 3.33. The summed E-state index contributed by atoms with van der Waals surface area (Å²) in [5.74, 6) is 1.33. The molecule has 1 aromatic heterocycles. The number of aromatic nitrogens is 2. The summed E-state index contributed by atoms with van der Waals surface area (Å²) < 4.78 is 0. The third-order valence-electron chi connectivity index (χ3n) is 6.64. The summed E-state index contributed by atoms with van der Waals surface area (Å²) in [6.07, 6.45) is 4.33. The molecule has 5 rings (SSSR count). The maximum Gasteiger partial charge on any atom is 0.222 e. The Hall–Kier alpha value is -2.99. The first kappa shape index (κ1) is 19.9. The number of likely N-dealkylation sites (tertiary alicyclic amines) is 1. The molecule has 2 aliphatic heterocycles. The highest BCUT2D eigenvalue weighted by Gasteiger charge is 2.29. The average Bonchev–Trinajstić information content (AvgIpc) is 3.01. The van der Waals surface area contributed by atoms with Gasteiger partial charge in [-0.15, -0.1) is 0 Å². The minimum Gasteiger partial charge on any atom is -0.353 e. The Balaban J connectivity index is 1.20. The Labute approximate surface area is 183 Å². The molecule has 31 heavy (non-hydrogen) atoms. The molecule has 2 aromatic carbocycles. The van der Waals surface area contributed by atoms with Crippen molar-refractivity contribution in [3.63, 3.8) is 0 Å². The zero-order valence-corrected chi connectivity index (χ0v) is 17.9. The number of fused-ring (bicyclic) bond motifs is 1. The third-order valence-corrected chi connectivity index (χ3v) is 6.64. The van der Waals surface area contributed by atoms with Gasteiger partial charge in [0.2, 0.25) is 5.91 Å². The molecule has 1 amide bonds. The summed E-state index contributed by atoms with van der Waals surface area (Å²) in [5, 5.41) is 1.12. The van der Waals surface area contributed by atoms with Crippen molar-refractivity contribution >= 4 is 22.6 Å². The van der Waals surface area contributed by atoms with Gasteiger partial charge in [0.05, 0.1) is 5.52 Å². The topological polar surface area (TPSA) is 52.6 Å². The largest absolute Gasteiger partial charge is 0.353 e. The molecule has 3 aromatic rings. The van der Waals surface area contributed by atoms with E-state index in [0.717, 1.165) is 68.8 Å². The van der Waals surface area contributed by atoms with Crippen molar-refractivity contribution in [1.29, 1.82) is 0 Å². The first-order valence-electron chi connectivity index (χ1n) is 11.3. The fraction of sp³-hybridized carbons (Fsp3) is 0.400. The SMILES string of the molecule is O=C1CCC(N2CCN(c3ncnc4ccccc34)CC2)CCN1Cc1ccccc1. The highest BCUT2D eigenvalue weighted by molar-refractivity contribution is 5.89. The van der Waals surface area contributed by atoms with Gasteiger partial charge in [-0.3, -0.25) is 9.69 Å². The van der Waals surface area contributed by atoms with E-state index in [1.807, 2.05) is 35.2 Å². The van der Waals surface area contributed by atoms with E-state index in [1.165, 1.54) is 5.56 Å². The van der Waals surface area contributed by atoms with Crippen LogP contribution in [0.3, 0.4) is 0 Å². The lowest BCUT2D eigenvalue weighted by Gasteiger charge is -2.39. The summed E-state index contributed by atoms with van der Waals surface area (Å²) in [7, 11) is 0. The molecule has 6 nitrogen and oxygen atoms in total. The van der Waals surface area contributed by atoms with Crippen LogP contribution >= 0.6 is 0 Å². The number of nitrogens with zero attached hydrogens (tertiary/aromatic N) is 5. The highest BCUT2D eigenvalue weighted by Crippen LogP contribution is 2.26. The molecular formula is C25H29N5O. The van der Waals surface area contributed by atoms with Gasteiger partial charge in [-0.05, 0) is 30.5 Å². The molecule has 1 atom stereocenters.